The van der Waals surface area contributed by atoms with Crippen molar-refractivity contribution >= 4 is 0 Å². The van der Waals surface area contributed by atoms with Crippen molar-refractivity contribution < 1.29 is 0 Å². The molecule has 78 valence electrons. The lowest BCUT2D eigenvalue weighted by molar-refractivity contribution is 0.402. The summed E-state index contributed by atoms with van der Waals surface area (Å²) < 4.78 is 2.00. The average molecular weight is 202 g/mol. The van der Waals surface area contributed by atoms with Crippen molar-refractivity contribution in [3.8, 4) is 0 Å². The van der Waals surface area contributed by atoms with Crippen LogP contribution in [0.2, 0.25) is 0 Å². The fourth-order valence-electron chi connectivity index (χ4n) is 1.60. The first-order chi connectivity index (χ1) is 7.27. The van der Waals surface area contributed by atoms with Gasteiger partial charge in [-0.15, -0.1) is 0 Å². The van der Waals surface area contributed by atoms with Gasteiger partial charge in [0.25, 0.3) is 0 Å². The molecule has 0 bridgehead atoms. The zero-order chi connectivity index (χ0) is 10.7. The summed E-state index contributed by atoms with van der Waals surface area (Å²) in [6.07, 6.45) is 9.05. The molecular formula is C11H14N4. The number of imidazole rings is 1. The smallest absolute Gasteiger partial charge is 0.0954 e. The van der Waals surface area contributed by atoms with Gasteiger partial charge in [0.1, 0.15) is 0 Å². The van der Waals surface area contributed by atoms with Gasteiger partial charge in [-0.05, 0) is 18.6 Å². The number of pyridine rings is 1. The van der Waals surface area contributed by atoms with E-state index in [1.165, 1.54) is 0 Å². The van der Waals surface area contributed by atoms with E-state index >= 15 is 0 Å². The molecule has 0 radical (unpaired) electrons. The molecule has 2 rings (SSSR count). The molecule has 1 atom stereocenters. The molecule has 0 aliphatic rings. The quantitative estimate of drug-likeness (QED) is 0.807. The first-order valence-electron chi connectivity index (χ1n) is 4.86. The van der Waals surface area contributed by atoms with Crippen molar-refractivity contribution in [2.24, 2.45) is 5.73 Å². The van der Waals surface area contributed by atoms with Crippen molar-refractivity contribution in [3.05, 3.63) is 48.8 Å². The second-order valence-electron chi connectivity index (χ2n) is 3.69. The molecule has 4 nitrogen and oxygen atoms in total. The summed E-state index contributed by atoms with van der Waals surface area (Å²) in [7, 11) is 0. The summed E-state index contributed by atoms with van der Waals surface area (Å²) in [6, 6.07) is 3.94. The highest BCUT2D eigenvalue weighted by atomic mass is 15.1. The molecule has 1 unspecified atom stereocenters. The molecule has 2 N–H and O–H groups in total. The molecule has 0 amide bonds. The molecular weight excluding hydrogens is 188 g/mol. The van der Waals surface area contributed by atoms with Gasteiger partial charge >= 0.3 is 0 Å². The molecule has 2 aromatic rings. The van der Waals surface area contributed by atoms with Crippen LogP contribution in [0.5, 0.6) is 0 Å². The normalized spacial score (nSPS) is 14.8. The van der Waals surface area contributed by atoms with E-state index in [0.717, 1.165) is 5.56 Å². The fourth-order valence-corrected chi connectivity index (χ4v) is 1.60. The molecule has 15 heavy (non-hydrogen) atoms. The van der Waals surface area contributed by atoms with Gasteiger partial charge in [0.15, 0.2) is 0 Å². The number of nitrogens with zero attached hydrogens (tertiary/aromatic N) is 3. The van der Waals surface area contributed by atoms with E-state index in [9.17, 15) is 0 Å². The highest BCUT2D eigenvalue weighted by Crippen LogP contribution is 2.23. The van der Waals surface area contributed by atoms with Crippen LogP contribution in [0.25, 0.3) is 0 Å². The highest BCUT2D eigenvalue weighted by molar-refractivity contribution is 5.22. The van der Waals surface area contributed by atoms with E-state index in [4.69, 9.17) is 5.73 Å². The Morgan fingerprint density at radius 2 is 2.27 bits per heavy atom. The second kappa shape index (κ2) is 3.82. The van der Waals surface area contributed by atoms with Crippen molar-refractivity contribution in [1.29, 1.82) is 0 Å². The number of hydrogen-bond acceptors (Lipinski definition) is 3. The lowest BCUT2D eigenvalue weighted by Gasteiger charge is -2.29. The maximum Gasteiger partial charge on any atom is 0.0954 e. The van der Waals surface area contributed by atoms with Crippen LogP contribution in [0.1, 0.15) is 12.5 Å². The van der Waals surface area contributed by atoms with Crippen molar-refractivity contribution in [2.45, 2.75) is 12.5 Å². The van der Waals surface area contributed by atoms with Gasteiger partial charge in [-0.25, -0.2) is 4.98 Å². The molecule has 0 aliphatic carbocycles. The van der Waals surface area contributed by atoms with Crippen LogP contribution in [0, 0.1) is 0 Å². The monoisotopic (exact) mass is 202 g/mol. The number of hydrogen-bond donors (Lipinski definition) is 1. The van der Waals surface area contributed by atoms with Crippen molar-refractivity contribution in [3.63, 3.8) is 0 Å². The first kappa shape index (κ1) is 9.86. The number of nitrogens with two attached hydrogens (primary N) is 1. The minimum atomic E-state index is -0.273. The van der Waals surface area contributed by atoms with Gasteiger partial charge in [-0.2, -0.15) is 0 Å². The minimum Gasteiger partial charge on any atom is -0.328 e. The zero-order valence-electron chi connectivity index (χ0n) is 8.67. The predicted octanol–water partition coefficient (Wildman–Crippen LogP) is 1.00. The van der Waals surface area contributed by atoms with Crippen molar-refractivity contribution in [2.75, 3.05) is 6.54 Å². The molecule has 0 fully saturated rings. The largest absolute Gasteiger partial charge is 0.328 e. The zero-order valence-corrected chi connectivity index (χ0v) is 8.67. The molecule has 0 spiro atoms. The van der Waals surface area contributed by atoms with Gasteiger partial charge in [0.2, 0.25) is 0 Å². The topological polar surface area (TPSA) is 56.7 Å². The average Bonchev–Trinajstić information content (AvgIpc) is 2.83. The lowest BCUT2D eigenvalue weighted by atomic mass is 9.93. The van der Waals surface area contributed by atoms with Gasteiger partial charge in [0.05, 0.1) is 11.9 Å². The fraction of sp³-hybridized carbons (Fsp3) is 0.273. The Balaban J connectivity index is 2.47. The molecule has 0 aliphatic heterocycles. The maximum atomic E-state index is 5.85. The molecule has 0 saturated heterocycles. The van der Waals surface area contributed by atoms with Crippen LogP contribution in [-0.2, 0) is 5.54 Å². The number of rotatable bonds is 3. The van der Waals surface area contributed by atoms with E-state index in [-0.39, 0.29) is 5.54 Å². The van der Waals surface area contributed by atoms with E-state index < -0.39 is 0 Å². The first-order valence-corrected chi connectivity index (χ1v) is 4.86. The van der Waals surface area contributed by atoms with E-state index in [2.05, 4.69) is 16.9 Å². The summed E-state index contributed by atoms with van der Waals surface area (Å²) in [6.45, 7) is 2.58. The van der Waals surface area contributed by atoms with E-state index in [1.54, 1.807) is 18.7 Å². The highest BCUT2D eigenvalue weighted by Gasteiger charge is 2.26. The molecule has 4 heteroatoms. The summed E-state index contributed by atoms with van der Waals surface area (Å²) in [4.78, 5) is 8.17. The summed E-state index contributed by atoms with van der Waals surface area (Å²) in [5.74, 6) is 0. The van der Waals surface area contributed by atoms with Crippen LogP contribution in [-0.4, -0.2) is 21.1 Å². The van der Waals surface area contributed by atoms with Gasteiger partial charge < -0.3 is 10.3 Å². The minimum absolute atomic E-state index is 0.273. The summed E-state index contributed by atoms with van der Waals surface area (Å²) in [5, 5.41) is 0. The van der Waals surface area contributed by atoms with Gasteiger partial charge in [-0.1, -0.05) is 6.07 Å². The van der Waals surface area contributed by atoms with E-state index in [0.29, 0.717) is 6.54 Å². The van der Waals surface area contributed by atoms with E-state index in [1.807, 2.05) is 29.1 Å². The Morgan fingerprint density at radius 1 is 1.40 bits per heavy atom. The van der Waals surface area contributed by atoms with Gasteiger partial charge in [-0.3, -0.25) is 4.98 Å². The summed E-state index contributed by atoms with van der Waals surface area (Å²) in [5.41, 5.74) is 6.67. The van der Waals surface area contributed by atoms with Gasteiger partial charge in [0, 0.05) is 31.3 Å². The maximum absolute atomic E-state index is 5.85. The van der Waals surface area contributed by atoms with Crippen LogP contribution >= 0.6 is 0 Å². The molecule has 2 heterocycles. The Kier molecular flexibility index (Phi) is 2.51. The third kappa shape index (κ3) is 1.64. The third-order valence-corrected chi connectivity index (χ3v) is 2.76. The lowest BCUT2D eigenvalue weighted by Crippen LogP contribution is -2.38. The Labute approximate surface area is 88.8 Å². The Bertz CT molecular complexity index is 409. The molecule has 2 aromatic heterocycles. The molecule has 0 aromatic carbocycles. The van der Waals surface area contributed by atoms with Crippen LogP contribution in [0.15, 0.2) is 43.2 Å². The van der Waals surface area contributed by atoms with Crippen LogP contribution in [0.3, 0.4) is 0 Å². The Hall–Kier alpha value is -1.68. The van der Waals surface area contributed by atoms with Crippen molar-refractivity contribution in [1.82, 2.24) is 14.5 Å². The standard InChI is InChI=1S/C11H14N4/c1-11(8-12,15-6-5-14-9-15)10-3-2-4-13-7-10/h2-7,9H,8,12H2,1H3. The summed E-state index contributed by atoms with van der Waals surface area (Å²) >= 11 is 0. The SMILES string of the molecule is CC(CN)(c1cccnc1)n1ccnc1. The van der Waals surface area contributed by atoms with Crippen LogP contribution in [0.4, 0.5) is 0 Å². The second-order valence-corrected chi connectivity index (χ2v) is 3.69. The van der Waals surface area contributed by atoms with Crippen LogP contribution < -0.4 is 5.73 Å². The Morgan fingerprint density at radius 3 is 2.80 bits per heavy atom. The third-order valence-electron chi connectivity index (χ3n) is 2.76. The molecule has 0 saturated carbocycles. The number of aromatic nitrogens is 3. The predicted molar refractivity (Wildman–Crippen MR) is 58.3 cm³/mol.